The predicted molar refractivity (Wildman–Crippen MR) is 55.6 cm³/mol. The van der Waals surface area contributed by atoms with Crippen LogP contribution >= 0.6 is 0 Å². The number of benzene rings is 1. The van der Waals surface area contributed by atoms with Gasteiger partial charge in [-0.05, 0) is 12.1 Å². The summed E-state index contributed by atoms with van der Waals surface area (Å²) in [4.78, 5) is 10.2. The zero-order chi connectivity index (χ0) is 12.3. The first kappa shape index (κ1) is 12.6. The van der Waals surface area contributed by atoms with Crippen molar-refractivity contribution in [3.05, 3.63) is 30.1 Å². The van der Waals surface area contributed by atoms with Crippen LogP contribution in [0.4, 0.5) is 4.39 Å². The van der Waals surface area contributed by atoms with Crippen molar-refractivity contribution >= 4 is 15.7 Å². The smallest absolute Gasteiger partial charge is 0.235 e. The zero-order valence-electron chi connectivity index (χ0n) is 8.26. The Bertz CT molecular complexity index is 501. The van der Waals surface area contributed by atoms with E-state index in [1.54, 1.807) is 0 Å². The van der Waals surface area contributed by atoms with Crippen LogP contribution in [0.5, 0.6) is 0 Å². The minimum absolute atomic E-state index is 0.480. The van der Waals surface area contributed by atoms with Crippen LogP contribution in [0.2, 0.25) is 0 Å². The van der Waals surface area contributed by atoms with E-state index in [1.165, 1.54) is 12.1 Å². The van der Waals surface area contributed by atoms with Crippen LogP contribution in [-0.2, 0) is 14.6 Å². The van der Waals surface area contributed by atoms with E-state index in [0.717, 1.165) is 12.1 Å². The van der Waals surface area contributed by atoms with Crippen LogP contribution in [0, 0.1) is 5.82 Å². The summed E-state index contributed by atoms with van der Waals surface area (Å²) in [7, 11) is -3.94. The molecule has 1 amide bonds. The Morgan fingerprint density at radius 1 is 1.38 bits per heavy atom. The van der Waals surface area contributed by atoms with Crippen molar-refractivity contribution in [1.29, 1.82) is 0 Å². The SMILES string of the molecule is NC(=O)C(N)CS(=O)(=O)c1ccccc1F. The molecule has 0 aliphatic carbocycles. The quantitative estimate of drug-likeness (QED) is 0.741. The van der Waals surface area contributed by atoms with Gasteiger partial charge in [0.1, 0.15) is 10.7 Å². The molecular weight excluding hydrogens is 235 g/mol. The molecule has 1 rings (SSSR count). The van der Waals surface area contributed by atoms with Crippen molar-refractivity contribution in [1.82, 2.24) is 0 Å². The van der Waals surface area contributed by atoms with Gasteiger partial charge in [0.15, 0.2) is 9.84 Å². The first-order valence-electron chi connectivity index (χ1n) is 4.37. The van der Waals surface area contributed by atoms with E-state index < -0.39 is 38.3 Å². The summed E-state index contributed by atoms with van der Waals surface area (Å²) in [5.74, 6) is -2.53. The number of amides is 1. The first-order valence-corrected chi connectivity index (χ1v) is 6.02. The number of hydrogen-bond acceptors (Lipinski definition) is 4. The average molecular weight is 246 g/mol. The third kappa shape index (κ3) is 2.77. The highest BCUT2D eigenvalue weighted by molar-refractivity contribution is 7.91. The van der Waals surface area contributed by atoms with Crippen molar-refractivity contribution in [2.45, 2.75) is 10.9 Å². The van der Waals surface area contributed by atoms with Crippen molar-refractivity contribution < 1.29 is 17.6 Å². The summed E-state index contributed by atoms with van der Waals surface area (Å²) in [6.07, 6.45) is 0. The molecule has 0 fully saturated rings. The van der Waals surface area contributed by atoms with Crippen LogP contribution < -0.4 is 11.5 Å². The van der Waals surface area contributed by atoms with E-state index in [1.807, 2.05) is 0 Å². The minimum Gasteiger partial charge on any atom is -0.368 e. The molecule has 7 heteroatoms. The number of carbonyl (C=O) groups is 1. The van der Waals surface area contributed by atoms with Gasteiger partial charge in [-0.15, -0.1) is 0 Å². The van der Waals surface area contributed by atoms with E-state index in [4.69, 9.17) is 11.5 Å². The second kappa shape index (κ2) is 4.58. The van der Waals surface area contributed by atoms with Crippen LogP contribution in [0.25, 0.3) is 0 Å². The van der Waals surface area contributed by atoms with E-state index in [0.29, 0.717) is 0 Å². The predicted octanol–water partition coefficient (Wildman–Crippen LogP) is -0.588. The van der Waals surface area contributed by atoms with Crippen LogP contribution in [0.3, 0.4) is 0 Å². The molecule has 0 spiro atoms. The lowest BCUT2D eigenvalue weighted by atomic mass is 10.3. The molecule has 0 aromatic heterocycles. The highest BCUT2D eigenvalue weighted by Crippen LogP contribution is 2.15. The second-order valence-corrected chi connectivity index (χ2v) is 5.22. The molecule has 0 radical (unpaired) electrons. The zero-order valence-corrected chi connectivity index (χ0v) is 9.08. The van der Waals surface area contributed by atoms with Gasteiger partial charge in [-0.2, -0.15) is 0 Å². The molecular formula is C9H11FN2O3S. The first-order chi connectivity index (χ1) is 7.34. The van der Waals surface area contributed by atoms with Crippen molar-refractivity contribution in [2.24, 2.45) is 11.5 Å². The third-order valence-corrected chi connectivity index (χ3v) is 3.74. The Morgan fingerprint density at radius 2 is 1.94 bits per heavy atom. The fourth-order valence-electron chi connectivity index (χ4n) is 1.11. The van der Waals surface area contributed by atoms with Gasteiger partial charge in [0.2, 0.25) is 5.91 Å². The molecule has 0 aliphatic heterocycles. The van der Waals surface area contributed by atoms with Crippen LogP contribution in [0.1, 0.15) is 0 Å². The van der Waals surface area contributed by atoms with E-state index >= 15 is 0 Å². The molecule has 1 unspecified atom stereocenters. The monoisotopic (exact) mass is 246 g/mol. The number of primary amides is 1. The summed E-state index contributed by atoms with van der Waals surface area (Å²) in [5.41, 5.74) is 10.1. The minimum atomic E-state index is -3.94. The van der Waals surface area contributed by atoms with Crippen molar-refractivity contribution in [3.8, 4) is 0 Å². The summed E-state index contributed by atoms with van der Waals surface area (Å²) in [6.45, 7) is 0. The number of carbonyl (C=O) groups excluding carboxylic acids is 1. The van der Waals surface area contributed by atoms with E-state index in [-0.39, 0.29) is 0 Å². The molecule has 0 heterocycles. The van der Waals surface area contributed by atoms with Gasteiger partial charge in [-0.1, -0.05) is 12.1 Å². The molecule has 1 aromatic rings. The normalized spacial score (nSPS) is 13.4. The highest BCUT2D eigenvalue weighted by atomic mass is 32.2. The third-order valence-electron chi connectivity index (χ3n) is 1.94. The number of sulfone groups is 1. The summed E-state index contributed by atoms with van der Waals surface area (Å²) in [5, 5.41) is 0. The maximum absolute atomic E-state index is 13.2. The lowest BCUT2D eigenvalue weighted by molar-refractivity contribution is -0.118. The molecule has 1 aromatic carbocycles. The van der Waals surface area contributed by atoms with Gasteiger partial charge >= 0.3 is 0 Å². The number of halogens is 1. The maximum Gasteiger partial charge on any atom is 0.235 e. The Hall–Kier alpha value is -1.47. The van der Waals surface area contributed by atoms with Gasteiger partial charge in [0.25, 0.3) is 0 Å². The number of hydrogen-bond donors (Lipinski definition) is 2. The molecule has 0 aliphatic rings. The van der Waals surface area contributed by atoms with Gasteiger partial charge in [0.05, 0.1) is 11.8 Å². The van der Waals surface area contributed by atoms with Gasteiger partial charge < -0.3 is 11.5 Å². The number of rotatable bonds is 4. The Balaban J connectivity index is 3.04. The van der Waals surface area contributed by atoms with E-state index in [2.05, 4.69) is 0 Å². The van der Waals surface area contributed by atoms with Crippen molar-refractivity contribution in [2.75, 3.05) is 5.75 Å². The van der Waals surface area contributed by atoms with Crippen LogP contribution in [-0.4, -0.2) is 26.1 Å². The average Bonchev–Trinajstić information content (AvgIpc) is 2.17. The largest absolute Gasteiger partial charge is 0.368 e. The lowest BCUT2D eigenvalue weighted by Gasteiger charge is -2.09. The molecule has 0 bridgehead atoms. The topological polar surface area (TPSA) is 103 Å². The lowest BCUT2D eigenvalue weighted by Crippen LogP contribution is -2.42. The van der Waals surface area contributed by atoms with Crippen molar-refractivity contribution in [3.63, 3.8) is 0 Å². The fraction of sp³-hybridized carbons (Fsp3) is 0.222. The standard InChI is InChI=1S/C9H11FN2O3S/c10-6-3-1-2-4-8(6)16(14,15)5-7(11)9(12)13/h1-4,7H,5,11H2,(H2,12,13). The van der Waals surface area contributed by atoms with Crippen LogP contribution in [0.15, 0.2) is 29.2 Å². The Labute approximate surface area is 92.2 Å². The van der Waals surface area contributed by atoms with E-state index in [9.17, 15) is 17.6 Å². The van der Waals surface area contributed by atoms with Gasteiger partial charge in [-0.25, -0.2) is 12.8 Å². The second-order valence-electron chi connectivity index (χ2n) is 3.22. The molecule has 4 N–H and O–H groups in total. The summed E-state index contributed by atoms with van der Waals surface area (Å²) in [6, 6.07) is 3.53. The Kier molecular flexibility index (Phi) is 3.61. The molecule has 0 saturated heterocycles. The van der Waals surface area contributed by atoms with Gasteiger partial charge in [-0.3, -0.25) is 4.79 Å². The highest BCUT2D eigenvalue weighted by Gasteiger charge is 2.24. The summed E-state index contributed by atoms with van der Waals surface area (Å²) < 4.78 is 36.5. The van der Waals surface area contributed by atoms with Gasteiger partial charge in [0, 0.05) is 0 Å². The molecule has 0 saturated carbocycles. The molecule has 5 nitrogen and oxygen atoms in total. The molecule has 1 atom stereocenters. The Morgan fingerprint density at radius 3 is 2.44 bits per heavy atom. The fourth-order valence-corrected chi connectivity index (χ4v) is 2.57. The molecule has 88 valence electrons. The number of nitrogens with two attached hydrogens (primary N) is 2. The maximum atomic E-state index is 13.2. The molecule has 16 heavy (non-hydrogen) atoms. The summed E-state index contributed by atoms with van der Waals surface area (Å²) >= 11 is 0.